The number of benzene rings is 1. The average molecular weight is 368 g/mol. The second-order valence-electron chi connectivity index (χ2n) is 4.31. The van der Waals surface area contributed by atoms with E-state index < -0.39 is 62.9 Å². The van der Waals surface area contributed by atoms with Crippen LogP contribution in [0.2, 0.25) is 5.02 Å². The van der Waals surface area contributed by atoms with Gasteiger partial charge in [-0.1, -0.05) is 17.7 Å². The lowest BCUT2D eigenvalue weighted by Gasteiger charge is -2.24. The van der Waals surface area contributed by atoms with Crippen LogP contribution < -0.4 is 4.72 Å². The molecule has 1 aliphatic carbocycles. The van der Waals surface area contributed by atoms with Crippen LogP contribution in [0.5, 0.6) is 0 Å². The Kier molecular flexibility index (Phi) is 3.51. The number of carbonyl (C=O) groups is 1. The highest BCUT2D eigenvalue weighted by molar-refractivity contribution is 7.93. The molecule has 23 heavy (non-hydrogen) atoms. The van der Waals surface area contributed by atoms with E-state index in [0.29, 0.717) is 0 Å². The summed E-state index contributed by atoms with van der Waals surface area (Å²) >= 11 is 5.79. The molecular formula is C15H17ClFNO4S. The molecule has 1 aromatic rings. The quantitative estimate of drug-likeness (QED) is 0.811. The Balaban J connectivity index is 2.74. The zero-order valence-electron chi connectivity index (χ0n) is 17.9. The fraction of sp³-hybridized carbons (Fsp3) is 0.400. The highest BCUT2D eigenvalue weighted by Crippen LogP contribution is 2.30. The zero-order chi connectivity index (χ0) is 22.4. The average Bonchev–Trinajstić information content (AvgIpc) is 2.55. The van der Waals surface area contributed by atoms with Gasteiger partial charge < -0.3 is 4.74 Å². The zero-order valence-corrected chi connectivity index (χ0v) is 13.5. The molecule has 0 saturated carbocycles. The topological polar surface area (TPSA) is 72.5 Å². The van der Waals surface area contributed by atoms with E-state index in [2.05, 4.69) is 4.74 Å². The van der Waals surface area contributed by atoms with Gasteiger partial charge in [-0.2, -0.15) is 0 Å². The van der Waals surface area contributed by atoms with Gasteiger partial charge in [0.2, 0.25) is 10.0 Å². The van der Waals surface area contributed by atoms with E-state index in [1.165, 1.54) is 6.92 Å². The molecule has 5 nitrogen and oxygen atoms in total. The van der Waals surface area contributed by atoms with Crippen molar-refractivity contribution in [3.05, 3.63) is 40.7 Å². The largest absolute Gasteiger partial charge is 0.463 e. The molecule has 0 spiro atoms. The van der Waals surface area contributed by atoms with E-state index in [-0.39, 0.29) is 12.3 Å². The molecule has 0 heterocycles. The number of rotatable bonds is 5. The molecule has 0 bridgehead atoms. The molecule has 1 aliphatic rings. The molecule has 2 rings (SSSR count). The van der Waals surface area contributed by atoms with Gasteiger partial charge in [-0.25, -0.2) is 17.6 Å². The van der Waals surface area contributed by atoms with Gasteiger partial charge in [0.05, 0.1) is 25.6 Å². The van der Waals surface area contributed by atoms with Crippen molar-refractivity contribution in [1.29, 1.82) is 0 Å². The van der Waals surface area contributed by atoms with Crippen LogP contribution in [-0.4, -0.2) is 26.2 Å². The molecule has 8 heteroatoms. The first-order valence-corrected chi connectivity index (χ1v) is 8.33. The van der Waals surface area contributed by atoms with E-state index >= 15 is 0 Å². The van der Waals surface area contributed by atoms with Crippen LogP contribution in [0.25, 0.3) is 0 Å². The van der Waals surface area contributed by atoms with Crippen LogP contribution in [0.15, 0.2) is 29.8 Å². The molecule has 126 valence electrons. The number of hydrogen-bond donors (Lipinski definition) is 1. The molecule has 0 fully saturated rings. The summed E-state index contributed by atoms with van der Waals surface area (Å²) in [5.41, 5.74) is -1.68. The highest BCUT2D eigenvalue weighted by Gasteiger charge is 2.35. The Hall–Kier alpha value is -1.60. The Morgan fingerprint density at radius 2 is 2.39 bits per heavy atom. The predicted octanol–water partition coefficient (Wildman–Crippen LogP) is 3.26. The SMILES string of the molecule is [2H]C1=C(C(=O)OCC)C([2H])(S(=O)(=O)Nc2ccc(F)cc2Cl)C([2H])([2H])CC1([2H])[2H]. The van der Waals surface area contributed by atoms with Crippen LogP contribution >= 0.6 is 11.6 Å². The second kappa shape index (κ2) is 7.31. The van der Waals surface area contributed by atoms with E-state index in [4.69, 9.17) is 19.8 Å². The fourth-order valence-electron chi connectivity index (χ4n) is 1.75. The number of sulfonamides is 1. The number of allylic oxidation sites excluding steroid dienone is 1. The van der Waals surface area contributed by atoms with E-state index in [0.717, 1.165) is 18.2 Å². The summed E-state index contributed by atoms with van der Waals surface area (Å²) < 4.78 is 94.1. The van der Waals surface area contributed by atoms with Crippen LogP contribution in [0.1, 0.15) is 34.3 Å². The summed E-state index contributed by atoms with van der Waals surface area (Å²) in [7, 11) is -5.19. The summed E-state index contributed by atoms with van der Waals surface area (Å²) in [6, 6.07) is 1.41. The molecule has 0 radical (unpaired) electrons. The number of ether oxygens (including phenoxy) is 1. The third-order valence-electron chi connectivity index (χ3n) is 2.70. The Morgan fingerprint density at radius 3 is 3.04 bits per heavy atom. The maximum absolute atomic E-state index is 13.2. The van der Waals surface area contributed by atoms with Crippen molar-refractivity contribution >= 4 is 33.3 Å². The van der Waals surface area contributed by atoms with Gasteiger partial charge in [-0.3, -0.25) is 4.72 Å². The van der Waals surface area contributed by atoms with Crippen LogP contribution in [0.3, 0.4) is 0 Å². The number of esters is 1. The molecule has 0 aliphatic heterocycles. The van der Waals surface area contributed by atoms with Crippen molar-refractivity contribution in [3.63, 3.8) is 0 Å². The third-order valence-corrected chi connectivity index (χ3v) is 4.39. The number of nitrogens with one attached hydrogen (secondary N) is 1. The van der Waals surface area contributed by atoms with Crippen molar-refractivity contribution in [2.45, 2.75) is 31.3 Å². The summed E-state index contributed by atoms with van der Waals surface area (Å²) in [6.07, 6.45) is -7.05. The van der Waals surface area contributed by atoms with Crippen molar-refractivity contribution < 1.29 is 30.6 Å². The molecule has 0 amide bonds. The molecule has 1 N–H and O–H groups in total. The van der Waals surface area contributed by atoms with E-state index in [1.807, 2.05) is 4.72 Å². The maximum Gasteiger partial charge on any atom is 0.335 e. The van der Waals surface area contributed by atoms with E-state index in [1.54, 1.807) is 0 Å². The number of hydrogen-bond acceptors (Lipinski definition) is 4. The van der Waals surface area contributed by atoms with Crippen molar-refractivity contribution in [2.24, 2.45) is 0 Å². The Morgan fingerprint density at radius 1 is 1.65 bits per heavy atom. The lowest BCUT2D eigenvalue weighted by atomic mass is 9.99. The third kappa shape index (κ3) is 4.23. The van der Waals surface area contributed by atoms with Crippen LogP contribution in [0, 0.1) is 5.82 Å². The smallest absolute Gasteiger partial charge is 0.335 e. The highest BCUT2D eigenvalue weighted by atomic mass is 35.5. The van der Waals surface area contributed by atoms with Gasteiger partial charge in [-0.05, 0) is 44.3 Å². The molecule has 0 aromatic heterocycles. The minimum atomic E-state index is -5.19. The van der Waals surface area contributed by atoms with Crippen LogP contribution in [0.4, 0.5) is 10.1 Å². The minimum absolute atomic E-state index is 0.283. The summed E-state index contributed by atoms with van der Waals surface area (Å²) in [5.74, 6) is -2.28. The number of halogens is 2. The minimum Gasteiger partial charge on any atom is -0.463 e. The first-order chi connectivity index (χ1) is 13.1. The van der Waals surface area contributed by atoms with Crippen molar-refractivity contribution in [1.82, 2.24) is 0 Å². The number of carbonyl (C=O) groups excluding carboxylic acids is 1. The standard InChI is InChI=1S/C15H17ClFNO4S/c1-2-22-15(19)11-5-3-4-6-14(11)23(20,21)18-13-8-7-10(17)9-12(13)16/h5,7-9,14,18H,2-4,6H2,1H3/i3D2,5D,6D2,14D. The summed E-state index contributed by atoms with van der Waals surface area (Å²) in [4.78, 5) is 12.4. The van der Waals surface area contributed by atoms with Crippen molar-refractivity contribution in [2.75, 3.05) is 11.3 Å². The van der Waals surface area contributed by atoms with Crippen molar-refractivity contribution in [3.8, 4) is 0 Å². The van der Waals surface area contributed by atoms with Gasteiger partial charge in [0.15, 0.2) is 0 Å². The van der Waals surface area contributed by atoms with Gasteiger partial charge in [0, 0.05) is 5.48 Å². The first kappa shape index (κ1) is 11.0. The molecule has 1 atom stereocenters. The number of anilines is 1. The monoisotopic (exact) mass is 367 g/mol. The Labute approximate surface area is 148 Å². The molecule has 1 unspecified atom stereocenters. The summed E-state index contributed by atoms with van der Waals surface area (Å²) in [5, 5.41) is -3.84. The normalized spacial score (nSPS) is 30.0. The lowest BCUT2D eigenvalue weighted by molar-refractivity contribution is -0.138. The summed E-state index contributed by atoms with van der Waals surface area (Å²) in [6.45, 7) is 1.08. The fourth-order valence-corrected chi connectivity index (χ4v) is 3.25. The van der Waals surface area contributed by atoms with Gasteiger partial charge in [0.25, 0.3) is 0 Å². The van der Waals surface area contributed by atoms with Crippen LogP contribution in [-0.2, 0) is 19.6 Å². The molecule has 0 saturated heterocycles. The second-order valence-corrected chi connectivity index (χ2v) is 6.34. The Bertz CT molecular complexity index is 987. The lowest BCUT2D eigenvalue weighted by Crippen LogP contribution is -2.34. The maximum atomic E-state index is 13.2. The van der Waals surface area contributed by atoms with Gasteiger partial charge in [-0.15, -0.1) is 0 Å². The van der Waals surface area contributed by atoms with Gasteiger partial charge in [0.1, 0.15) is 11.0 Å². The molecule has 1 aromatic carbocycles. The van der Waals surface area contributed by atoms with Gasteiger partial charge >= 0.3 is 5.97 Å². The molecular weight excluding hydrogens is 345 g/mol. The van der Waals surface area contributed by atoms with E-state index in [9.17, 15) is 17.6 Å². The predicted molar refractivity (Wildman–Crippen MR) is 86.3 cm³/mol. The first-order valence-electron chi connectivity index (χ1n) is 9.47.